The minimum atomic E-state index is 0.806. The molecule has 14 unspecified atom stereocenters. The van der Waals surface area contributed by atoms with Gasteiger partial charge in [0.05, 0.1) is 0 Å². The van der Waals surface area contributed by atoms with Crippen molar-refractivity contribution in [3.63, 3.8) is 0 Å². The third kappa shape index (κ3) is 6.14. The van der Waals surface area contributed by atoms with Gasteiger partial charge in [-0.05, 0) is 188 Å². The zero-order valence-electron chi connectivity index (χ0n) is 33.1. The molecule has 4 N–H and O–H groups in total. The van der Waals surface area contributed by atoms with Gasteiger partial charge >= 0.3 is 0 Å². The third-order valence-corrected chi connectivity index (χ3v) is 19.7. The Balaban J connectivity index is 0.775. The maximum atomic E-state index is 3.79. The van der Waals surface area contributed by atoms with Crippen molar-refractivity contribution in [1.82, 2.24) is 31.1 Å². The average molecular weight is 715 g/mol. The van der Waals surface area contributed by atoms with Crippen LogP contribution in [0.4, 0.5) is 0 Å². The lowest BCUT2D eigenvalue weighted by atomic mass is 9.61. The second-order valence-corrected chi connectivity index (χ2v) is 21.5. The SMILES string of the molecule is C1CCC2C(C1)C1C3C4CCCCC4N(C4CCC(C5CCC6NCNCC6C5)CC4)C3CCC1N2C1CCC(C2CCC3NCNCC3C2)CC1. The van der Waals surface area contributed by atoms with Crippen molar-refractivity contribution in [1.29, 1.82) is 0 Å². The van der Waals surface area contributed by atoms with Gasteiger partial charge in [-0.15, -0.1) is 0 Å². The van der Waals surface area contributed by atoms with Crippen molar-refractivity contribution < 1.29 is 0 Å². The van der Waals surface area contributed by atoms with E-state index in [2.05, 4.69) is 31.1 Å². The molecule has 0 radical (unpaired) electrons. The lowest BCUT2D eigenvalue weighted by Crippen LogP contribution is -2.55. The first-order chi connectivity index (χ1) is 25.8. The molecule has 11 fully saturated rings. The van der Waals surface area contributed by atoms with Crippen molar-refractivity contribution >= 4 is 0 Å². The van der Waals surface area contributed by atoms with Crippen molar-refractivity contribution in [3.8, 4) is 0 Å². The van der Waals surface area contributed by atoms with Crippen LogP contribution in [0.5, 0.6) is 0 Å². The summed E-state index contributed by atoms with van der Waals surface area (Å²) < 4.78 is 0. The van der Waals surface area contributed by atoms with Gasteiger partial charge in [-0.25, -0.2) is 0 Å². The molecule has 6 nitrogen and oxygen atoms in total. The molecule has 0 aromatic rings. The molecule has 292 valence electrons. The highest BCUT2D eigenvalue weighted by atomic mass is 15.3. The van der Waals surface area contributed by atoms with Crippen LogP contribution in [-0.4, -0.2) is 84.6 Å². The van der Waals surface area contributed by atoms with Gasteiger partial charge in [-0.2, -0.15) is 0 Å². The monoisotopic (exact) mass is 715 g/mol. The number of rotatable bonds is 4. The molecule has 0 spiro atoms. The standard InChI is InChI=1S/C46H78N6/c1-3-7-41-37(5-1)45-43(51(41)35-15-9-29(10-16-35)31-13-19-39-33(23-31)25-47-27-49-39)21-22-44-46(45)38-6-2-4-8-42(38)52(44)36-17-11-30(12-18-36)32-14-20-40-34(24-32)26-48-28-50-40/h29-50H,1-28H2. The summed E-state index contributed by atoms with van der Waals surface area (Å²) in [5.74, 6) is 9.97. The molecule has 0 bridgehead atoms. The predicted octanol–water partition coefficient (Wildman–Crippen LogP) is 7.49. The number of nitrogens with one attached hydrogen (secondary N) is 4. The van der Waals surface area contributed by atoms with E-state index in [1.807, 2.05) is 0 Å². The molecule has 0 aromatic carbocycles. The molecule has 4 saturated heterocycles. The molecule has 0 amide bonds. The molecule has 7 saturated carbocycles. The molecule has 6 heteroatoms. The Labute approximate surface area is 318 Å². The van der Waals surface area contributed by atoms with Crippen LogP contribution in [0.3, 0.4) is 0 Å². The highest BCUT2D eigenvalue weighted by Crippen LogP contribution is 2.61. The minimum absolute atomic E-state index is 0.806. The molecule has 7 aliphatic carbocycles. The van der Waals surface area contributed by atoms with Crippen molar-refractivity contribution in [3.05, 3.63) is 0 Å². The normalized spacial score (nSPS) is 54.2. The Morgan fingerprint density at radius 3 is 1.23 bits per heavy atom. The van der Waals surface area contributed by atoms with Gasteiger partial charge in [-0.1, -0.05) is 25.7 Å². The summed E-state index contributed by atoms with van der Waals surface area (Å²) in [5, 5.41) is 14.9. The van der Waals surface area contributed by atoms with E-state index in [1.165, 1.54) is 116 Å². The summed E-state index contributed by atoms with van der Waals surface area (Å²) >= 11 is 0. The summed E-state index contributed by atoms with van der Waals surface area (Å²) in [5.41, 5.74) is 0. The summed E-state index contributed by atoms with van der Waals surface area (Å²) in [6, 6.07) is 7.18. The summed E-state index contributed by atoms with van der Waals surface area (Å²) in [7, 11) is 0. The van der Waals surface area contributed by atoms with Crippen LogP contribution in [0.1, 0.15) is 154 Å². The van der Waals surface area contributed by atoms with Crippen molar-refractivity contribution in [2.45, 2.75) is 202 Å². The first kappa shape index (κ1) is 35.0. The highest BCUT2D eigenvalue weighted by molar-refractivity contribution is 5.16. The van der Waals surface area contributed by atoms with E-state index in [0.717, 1.165) is 121 Å². The van der Waals surface area contributed by atoms with Crippen LogP contribution in [0.2, 0.25) is 0 Å². The maximum Gasteiger partial charge on any atom is 0.0456 e. The highest BCUT2D eigenvalue weighted by Gasteiger charge is 2.63. The number of likely N-dealkylation sites (tertiary alicyclic amines) is 2. The minimum Gasteiger partial charge on any atom is -0.304 e. The second-order valence-electron chi connectivity index (χ2n) is 21.5. The first-order valence-electron chi connectivity index (χ1n) is 24.2. The van der Waals surface area contributed by atoms with Crippen LogP contribution in [-0.2, 0) is 0 Å². The molecule has 52 heavy (non-hydrogen) atoms. The van der Waals surface area contributed by atoms with E-state index in [9.17, 15) is 0 Å². The fourth-order valence-corrected chi connectivity index (χ4v) is 17.7. The predicted molar refractivity (Wildman–Crippen MR) is 212 cm³/mol. The maximum absolute atomic E-state index is 3.79. The van der Waals surface area contributed by atoms with Crippen LogP contribution in [0.25, 0.3) is 0 Å². The van der Waals surface area contributed by atoms with Crippen molar-refractivity contribution in [2.75, 3.05) is 26.4 Å². The largest absolute Gasteiger partial charge is 0.304 e. The van der Waals surface area contributed by atoms with Crippen LogP contribution < -0.4 is 21.3 Å². The molecule has 11 rings (SSSR count). The molecular formula is C46H78N6. The Kier molecular flexibility index (Phi) is 10.0. The Morgan fingerprint density at radius 2 is 0.769 bits per heavy atom. The molecule has 4 aliphatic heterocycles. The van der Waals surface area contributed by atoms with Gasteiger partial charge < -0.3 is 21.3 Å². The Morgan fingerprint density at radius 1 is 0.346 bits per heavy atom. The van der Waals surface area contributed by atoms with E-state index in [0.29, 0.717) is 0 Å². The Hall–Kier alpha value is -0.240. The van der Waals surface area contributed by atoms with Gasteiger partial charge in [0.15, 0.2) is 0 Å². The Bertz CT molecular complexity index is 1120. The summed E-state index contributed by atoms with van der Waals surface area (Å²) in [6.07, 6.45) is 36.6. The van der Waals surface area contributed by atoms with Crippen LogP contribution in [0.15, 0.2) is 0 Å². The lowest BCUT2D eigenvalue weighted by Gasteiger charge is -2.49. The topological polar surface area (TPSA) is 54.6 Å². The third-order valence-electron chi connectivity index (χ3n) is 19.7. The molecule has 4 heterocycles. The average Bonchev–Trinajstić information content (AvgIpc) is 3.73. The number of nitrogens with zero attached hydrogens (tertiary/aromatic N) is 2. The van der Waals surface area contributed by atoms with E-state index in [1.54, 1.807) is 51.4 Å². The summed E-state index contributed by atoms with van der Waals surface area (Å²) in [4.78, 5) is 6.73. The fourth-order valence-electron chi connectivity index (χ4n) is 17.7. The van der Waals surface area contributed by atoms with Gasteiger partial charge in [0.1, 0.15) is 0 Å². The fraction of sp³-hybridized carbons (Fsp3) is 1.00. The molecule has 0 aromatic heterocycles. The van der Waals surface area contributed by atoms with Gasteiger partial charge in [0.2, 0.25) is 0 Å². The molecule has 11 aliphatic rings. The van der Waals surface area contributed by atoms with E-state index in [4.69, 9.17) is 0 Å². The molecule has 14 atom stereocenters. The zero-order valence-corrected chi connectivity index (χ0v) is 33.1. The number of hydrogen-bond acceptors (Lipinski definition) is 6. The van der Waals surface area contributed by atoms with Gasteiger partial charge in [-0.3, -0.25) is 9.80 Å². The quantitative estimate of drug-likeness (QED) is 0.242. The number of hydrogen-bond donors (Lipinski definition) is 4. The van der Waals surface area contributed by atoms with Crippen LogP contribution in [0, 0.1) is 59.2 Å². The van der Waals surface area contributed by atoms with Crippen molar-refractivity contribution in [2.24, 2.45) is 59.2 Å². The summed E-state index contributed by atoms with van der Waals surface area (Å²) in [6.45, 7) is 4.61. The second kappa shape index (κ2) is 14.9. The van der Waals surface area contributed by atoms with E-state index < -0.39 is 0 Å². The van der Waals surface area contributed by atoms with Crippen LogP contribution >= 0.6 is 0 Å². The smallest absolute Gasteiger partial charge is 0.0456 e. The molecular weight excluding hydrogens is 637 g/mol. The van der Waals surface area contributed by atoms with Gasteiger partial charge in [0, 0.05) is 74.8 Å². The van der Waals surface area contributed by atoms with E-state index >= 15 is 0 Å². The van der Waals surface area contributed by atoms with Gasteiger partial charge in [0.25, 0.3) is 0 Å². The first-order valence-corrected chi connectivity index (χ1v) is 24.2. The number of fused-ring (bicyclic) bond motifs is 9. The lowest BCUT2D eigenvalue weighted by molar-refractivity contribution is 0.00605. The van der Waals surface area contributed by atoms with E-state index in [-0.39, 0.29) is 0 Å². The zero-order chi connectivity index (χ0) is 34.2.